The van der Waals surface area contributed by atoms with Crippen molar-refractivity contribution in [3.8, 4) is 0 Å². The molecule has 1 fully saturated rings. The number of hydrogen-bond donors (Lipinski definition) is 2. The number of hydrogen-bond acceptors (Lipinski definition) is 6. The monoisotopic (exact) mass is 349 g/mol. The highest BCUT2D eigenvalue weighted by Gasteiger charge is 2.26. The molecule has 1 aliphatic rings. The average molecular weight is 350 g/mol. The van der Waals surface area contributed by atoms with Crippen molar-refractivity contribution in [2.45, 2.75) is 19.0 Å². The van der Waals surface area contributed by atoms with E-state index in [-0.39, 0.29) is 18.0 Å². The normalized spacial score (nSPS) is 19.9. The number of amides is 1. The Morgan fingerprint density at radius 3 is 2.92 bits per heavy atom. The third kappa shape index (κ3) is 3.75. The molecule has 1 amide bonds. The number of carbonyl (C=O) groups is 1. The number of rotatable bonds is 4. The van der Waals surface area contributed by atoms with E-state index in [4.69, 9.17) is 16.1 Å². The minimum absolute atomic E-state index is 0.0791. The van der Waals surface area contributed by atoms with E-state index in [1.807, 2.05) is 14.0 Å². The van der Waals surface area contributed by atoms with E-state index < -0.39 is 0 Å². The summed E-state index contributed by atoms with van der Waals surface area (Å²) >= 11 is 5.83. The van der Waals surface area contributed by atoms with E-state index in [0.29, 0.717) is 22.3 Å². The van der Waals surface area contributed by atoms with Gasteiger partial charge in [0, 0.05) is 30.2 Å². The topological polar surface area (TPSA) is 83.3 Å². The molecule has 1 aliphatic heterocycles. The fourth-order valence-corrected chi connectivity index (χ4v) is 2.72. The number of benzene rings is 1. The van der Waals surface area contributed by atoms with Gasteiger partial charge in [-0.15, -0.1) is 0 Å². The lowest BCUT2D eigenvalue weighted by Crippen LogP contribution is -2.44. The first-order chi connectivity index (χ1) is 11.5. The summed E-state index contributed by atoms with van der Waals surface area (Å²) < 4.78 is 5.33. The van der Waals surface area contributed by atoms with Crippen LogP contribution in [0.1, 0.15) is 41.1 Å². The van der Waals surface area contributed by atoms with E-state index in [1.54, 1.807) is 24.3 Å². The molecule has 1 aromatic heterocycles. The molecule has 2 atom stereocenters. The van der Waals surface area contributed by atoms with Gasteiger partial charge < -0.3 is 15.2 Å². The molecule has 3 rings (SSSR count). The Labute approximate surface area is 145 Å². The van der Waals surface area contributed by atoms with Gasteiger partial charge in [0.05, 0.1) is 6.04 Å². The summed E-state index contributed by atoms with van der Waals surface area (Å²) in [4.78, 5) is 18.9. The van der Waals surface area contributed by atoms with Crippen molar-refractivity contribution >= 4 is 17.5 Å². The van der Waals surface area contributed by atoms with E-state index in [9.17, 15) is 4.79 Å². The van der Waals surface area contributed by atoms with Gasteiger partial charge in [0.25, 0.3) is 5.91 Å². The highest BCUT2D eigenvalue weighted by Crippen LogP contribution is 2.20. The average Bonchev–Trinajstić information content (AvgIpc) is 3.05. The molecule has 128 valence electrons. The molecule has 8 heteroatoms. The van der Waals surface area contributed by atoms with Crippen LogP contribution < -0.4 is 10.6 Å². The predicted molar refractivity (Wildman–Crippen MR) is 89.9 cm³/mol. The molecular formula is C16H20ClN5O2. The zero-order valence-electron chi connectivity index (χ0n) is 13.6. The van der Waals surface area contributed by atoms with Crippen LogP contribution in [0.3, 0.4) is 0 Å². The zero-order valence-corrected chi connectivity index (χ0v) is 14.4. The van der Waals surface area contributed by atoms with Crippen LogP contribution in [0.2, 0.25) is 5.02 Å². The number of aromatic nitrogens is 2. The van der Waals surface area contributed by atoms with Crippen LogP contribution in [0, 0.1) is 0 Å². The van der Waals surface area contributed by atoms with Crippen LogP contribution in [0.5, 0.6) is 0 Å². The molecule has 0 spiro atoms. The lowest BCUT2D eigenvalue weighted by atomic mass is 10.2. The molecule has 24 heavy (non-hydrogen) atoms. The minimum Gasteiger partial charge on any atom is -0.341 e. The third-order valence-corrected chi connectivity index (χ3v) is 4.34. The number of nitrogens with one attached hydrogen (secondary N) is 2. The van der Waals surface area contributed by atoms with Gasteiger partial charge >= 0.3 is 0 Å². The van der Waals surface area contributed by atoms with Crippen LogP contribution >= 0.6 is 11.6 Å². The summed E-state index contributed by atoms with van der Waals surface area (Å²) in [5, 5.41) is 10.8. The summed E-state index contributed by atoms with van der Waals surface area (Å²) in [6, 6.07) is 6.40. The SMILES string of the molecule is CC(NC(=O)c1ccc(Cl)cc1)c1nc(C2CNCCN2C)no1. The van der Waals surface area contributed by atoms with Crippen LogP contribution in [0.4, 0.5) is 0 Å². The van der Waals surface area contributed by atoms with Gasteiger partial charge in [-0.1, -0.05) is 16.8 Å². The molecule has 0 aliphatic carbocycles. The van der Waals surface area contributed by atoms with Gasteiger partial charge in [-0.2, -0.15) is 4.98 Å². The van der Waals surface area contributed by atoms with Gasteiger partial charge in [-0.3, -0.25) is 9.69 Å². The van der Waals surface area contributed by atoms with Crippen molar-refractivity contribution in [1.82, 2.24) is 25.7 Å². The Bertz CT molecular complexity index is 703. The van der Waals surface area contributed by atoms with E-state index in [2.05, 4.69) is 25.7 Å². The zero-order chi connectivity index (χ0) is 17.1. The predicted octanol–water partition coefficient (Wildman–Crippen LogP) is 1.79. The molecule has 0 saturated carbocycles. The summed E-state index contributed by atoms with van der Waals surface area (Å²) in [5.74, 6) is 0.814. The first kappa shape index (κ1) is 16.9. The van der Waals surface area contributed by atoms with Crippen LogP contribution in [0.25, 0.3) is 0 Å². The van der Waals surface area contributed by atoms with Gasteiger partial charge in [-0.05, 0) is 38.2 Å². The van der Waals surface area contributed by atoms with Gasteiger partial charge in [0.1, 0.15) is 6.04 Å². The van der Waals surface area contributed by atoms with Crippen LogP contribution in [0.15, 0.2) is 28.8 Å². The summed E-state index contributed by atoms with van der Waals surface area (Å²) in [6.45, 7) is 4.47. The number of nitrogens with zero attached hydrogens (tertiary/aromatic N) is 3. The smallest absolute Gasteiger partial charge is 0.251 e. The highest BCUT2D eigenvalue weighted by atomic mass is 35.5. The molecule has 7 nitrogen and oxygen atoms in total. The van der Waals surface area contributed by atoms with Crippen molar-refractivity contribution in [3.05, 3.63) is 46.6 Å². The van der Waals surface area contributed by atoms with Crippen LogP contribution in [-0.4, -0.2) is 47.6 Å². The Balaban J connectivity index is 1.66. The summed E-state index contributed by atoms with van der Waals surface area (Å²) in [5.41, 5.74) is 0.530. The molecule has 2 unspecified atom stereocenters. The summed E-state index contributed by atoms with van der Waals surface area (Å²) in [7, 11) is 2.03. The van der Waals surface area contributed by atoms with E-state index >= 15 is 0 Å². The number of carbonyl (C=O) groups excluding carboxylic acids is 1. The Morgan fingerprint density at radius 2 is 2.21 bits per heavy atom. The molecule has 1 aromatic carbocycles. The fraction of sp³-hybridized carbons (Fsp3) is 0.438. The maximum atomic E-state index is 12.2. The second-order valence-corrected chi connectivity index (χ2v) is 6.33. The Morgan fingerprint density at radius 1 is 1.46 bits per heavy atom. The molecule has 2 heterocycles. The van der Waals surface area contributed by atoms with Crippen molar-refractivity contribution in [1.29, 1.82) is 0 Å². The number of likely N-dealkylation sites (N-methyl/N-ethyl adjacent to an activating group) is 1. The first-order valence-corrected chi connectivity index (χ1v) is 8.23. The van der Waals surface area contributed by atoms with Crippen molar-refractivity contribution in [3.63, 3.8) is 0 Å². The second kappa shape index (κ2) is 7.29. The lowest BCUT2D eigenvalue weighted by Gasteiger charge is -2.30. The second-order valence-electron chi connectivity index (χ2n) is 5.89. The molecule has 2 aromatic rings. The quantitative estimate of drug-likeness (QED) is 0.875. The Hall–Kier alpha value is -1.96. The standard InChI is InChI=1S/C16H20ClN5O2/c1-10(19-15(23)11-3-5-12(17)6-4-11)16-20-14(21-24-16)13-9-18-7-8-22(13)2/h3-6,10,13,18H,7-9H2,1-2H3,(H,19,23). The molecular weight excluding hydrogens is 330 g/mol. The highest BCUT2D eigenvalue weighted by molar-refractivity contribution is 6.30. The fourth-order valence-electron chi connectivity index (χ4n) is 2.60. The van der Waals surface area contributed by atoms with E-state index in [1.165, 1.54) is 0 Å². The lowest BCUT2D eigenvalue weighted by molar-refractivity contribution is 0.0932. The van der Waals surface area contributed by atoms with Crippen molar-refractivity contribution in [2.75, 3.05) is 26.7 Å². The van der Waals surface area contributed by atoms with Gasteiger partial charge in [0.2, 0.25) is 5.89 Å². The van der Waals surface area contributed by atoms with Gasteiger partial charge in [-0.25, -0.2) is 0 Å². The first-order valence-electron chi connectivity index (χ1n) is 7.85. The van der Waals surface area contributed by atoms with E-state index in [0.717, 1.165) is 19.6 Å². The number of halogens is 1. The van der Waals surface area contributed by atoms with Crippen LogP contribution in [-0.2, 0) is 0 Å². The largest absolute Gasteiger partial charge is 0.341 e. The molecule has 2 N–H and O–H groups in total. The number of piperazine rings is 1. The maximum absolute atomic E-state index is 12.2. The minimum atomic E-state index is -0.378. The third-order valence-electron chi connectivity index (χ3n) is 4.09. The van der Waals surface area contributed by atoms with Crippen molar-refractivity contribution < 1.29 is 9.32 Å². The van der Waals surface area contributed by atoms with Crippen molar-refractivity contribution in [2.24, 2.45) is 0 Å². The molecule has 1 saturated heterocycles. The Kier molecular flexibility index (Phi) is 5.13. The molecule has 0 radical (unpaired) electrons. The summed E-state index contributed by atoms with van der Waals surface area (Å²) in [6.07, 6.45) is 0. The van der Waals surface area contributed by atoms with Gasteiger partial charge in [0.15, 0.2) is 5.82 Å². The maximum Gasteiger partial charge on any atom is 0.251 e. The molecule has 0 bridgehead atoms.